The first-order valence-electron chi connectivity index (χ1n) is 7.68. The van der Waals surface area contributed by atoms with Crippen molar-refractivity contribution in [2.45, 2.75) is 12.2 Å². The number of anilines is 1. The van der Waals surface area contributed by atoms with Gasteiger partial charge >= 0.3 is 0 Å². The quantitative estimate of drug-likeness (QED) is 0.693. The zero-order valence-electron chi connectivity index (χ0n) is 13.0. The molecular weight excluding hydrogens is 302 g/mol. The van der Waals surface area contributed by atoms with E-state index in [0.29, 0.717) is 11.0 Å². The number of carbonyl (C=O) groups excluding carboxylic acids is 1. The average Bonchev–Trinajstić information content (AvgIpc) is 2.61. The minimum Gasteiger partial charge on any atom is -0.325 e. The number of rotatable bonds is 5. The summed E-state index contributed by atoms with van der Waals surface area (Å²) in [6.45, 7) is 2.13. The molecule has 3 aromatic rings. The Morgan fingerprint density at radius 3 is 2.48 bits per heavy atom. The molecule has 1 atom stereocenters. The van der Waals surface area contributed by atoms with Crippen LogP contribution in [0.5, 0.6) is 0 Å². The van der Waals surface area contributed by atoms with Gasteiger partial charge in [0, 0.05) is 16.3 Å². The van der Waals surface area contributed by atoms with Crippen LogP contribution >= 0.6 is 11.8 Å². The van der Waals surface area contributed by atoms with Crippen LogP contribution in [0.2, 0.25) is 0 Å². The lowest BCUT2D eigenvalue weighted by Crippen LogP contribution is -2.14. The normalized spacial score (nSPS) is 12.0. The molecule has 3 rings (SSSR count). The van der Waals surface area contributed by atoms with Gasteiger partial charge in [-0.15, -0.1) is 11.8 Å². The van der Waals surface area contributed by atoms with E-state index < -0.39 is 0 Å². The Kier molecular flexibility index (Phi) is 4.99. The highest BCUT2D eigenvalue weighted by Gasteiger charge is 2.10. The molecule has 0 aliphatic carbocycles. The molecule has 0 spiro atoms. The van der Waals surface area contributed by atoms with E-state index in [-0.39, 0.29) is 5.91 Å². The molecule has 3 aromatic carbocycles. The topological polar surface area (TPSA) is 29.1 Å². The largest absolute Gasteiger partial charge is 0.325 e. The van der Waals surface area contributed by atoms with Crippen molar-refractivity contribution < 1.29 is 4.79 Å². The van der Waals surface area contributed by atoms with Crippen molar-refractivity contribution in [2.24, 2.45) is 0 Å². The van der Waals surface area contributed by atoms with Crippen LogP contribution in [0.25, 0.3) is 10.8 Å². The molecule has 0 saturated heterocycles. The lowest BCUT2D eigenvalue weighted by Gasteiger charge is -2.12. The molecular formula is C20H19NOS. The summed E-state index contributed by atoms with van der Waals surface area (Å²) in [5, 5.41) is 5.54. The molecule has 2 nitrogen and oxygen atoms in total. The Bertz CT molecular complexity index is 796. The Labute approximate surface area is 140 Å². The van der Waals surface area contributed by atoms with Gasteiger partial charge < -0.3 is 5.32 Å². The molecule has 0 bridgehead atoms. The summed E-state index contributed by atoms with van der Waals surface area (Å²) in [5.74, 6) is 0.480. The van der Waals surface area contributed by atoms with E-state index >= 15 is 0 Å². The maximum Gasteiger partial charge on any atom is 0.234 e. The summed E-state index contributed by atoms with van der Waals surface area (Å²) >= 11 is 1.65. The van der Waals surface area contributed by atoms with E-state index in [9.17, 15) is 4.79 Å². The predicted molar refractivity (Wildman–Crippen MR) is 99.9 cm³/mol. The molecule has 0 aromatic heterocycles. The van der Waals surface area contributed by atoms with Gasteiger partial charge in [-0.05, 0) is 23.9 Å². The molecule has 0 saturated carbocycles. The number of thioether (sulfide) groups is 1. The third kappa shape index (κ3) is 3.93. The number of nitrogens with one attached hydrogen (secondary N) is 1. The molecule has 0 unspecified atom stereocenters. The SMILES string of the molecule is C[C@@H](SCC(=O)Nc1cccc2ccccc12)c1ccccc1. The third-order valence-corrected chi connectivity index (χ3v) is 5.00. The number of fused-ring (bicyclic) bond motifs is 1. The molecule has 0 radical (unpaired) electrons. The first kappa shape index (κ1) is 15.6. The Hall–Kier alpha value is -2.26. The maximum absolute atomic E-state index is 12.3. The average molecular weight is 321 g/mol. The van der Waals surface area contributed by atoms with E-state index in [1.807, 2.05) is 48.5 Å². The summed E-state index contributed by atoms with van der Waals surface area (Å²) in [6, 6.07) is 24.3. The molecule has 1 amide bonds. The maximum atomic E-state index is 12.3. The van der Waals surface area contributed by atoms with Gasteiger partial charge in [0.25, 0.3) is 0 Å². The van der Waals surface area contributed by atoms with E-state index in [4.69, 9.17) is 0 Å². The number of hydrogen-bond acceptors (Lipinski definition) is 2. The zero-order chi connectivity index (χ0) is 16.1. The first-order valence-corrected chi connectivity index (χ1v) is 8.73. The molecule has 116 valence electrons. The van der Waals surface area contributed by atoms with Crippen molar-refractivity contribution in [1.29, 1.82) is 0 Å². The van der Waals surface area contributed by atoms with Crippen LogP contribution in [0.4, 0.5) is 5.69 Å². The minimum atomic E-state index is 0.0362. The van der Waals surface area contributed by atoms with E-state index in [0.717, 1.165) is 16.5 Å². The number of benzene rings is 3. The van der Waals surface area contributed by atoms with E-state index in [1.165, 1.54) is 5.56 Å². The Morgan fingerprint density at radius 1 is 0.957 bits per heavy atom. The zero-order valence-corrected chi connectivity index (χ0v) is 13.8. The van der Waals surface area contributed by atoms with Crippen LogP contribution in [0.1, 0.15) is 17.7 Å². The van der Waals surface area contributed by atoms with Crippen LogP contribution in [0, 0.1) is 0 Å². The Morgan fingerprint density at radius 2 is 1.65 bits per heavy atom. The fourth-order valence-corrected chi connectivity index (χ4v) is 3.36. The highest BCUT2D eigenvalue weighted by atomic mass is 32.2. The van der Waals surface area contributed by atoms with Gasteiger partial charge in [0.1, 0.15) is 0 Å². The van der Waals surface area contributed by atoms with Crippen LogP contribution in [0.3, 0.4) is 0 Å². The van der Waals surface area contributed by atoms with Gasteiger partial charge in [-0.2, -0.15) is 0 Å². The fraction of sp³-hybridized carbons (Fsp3) is 0.150. The molecule has 0 aliphatic heterocycles. The van der Waals surface area contributed by atoms with Crippen molar-refractivity contribution in [1.82, 2.24) is 0 Å². The second kappa shape index (κ2) is 7.34. The van der Waals surface area contributed by atoms with Crippen LogP contribution in [-0.4, -0.2) is 11.7 Å². The summed E-state index contributed by atoms with van der Waals surface area (Å²) in [6.07, 6.45) is 0. The second-order valence-electron chi connectivity index (χ2n) is 5.44. The number of hydrogen-bond donors (Lipinski definition) is 1. The summed E-state index contributed by atoms with van der Waals surface area (Å²) in [5.41, 5.74) is 2.12. The second-order valence-corrected chi connectivity index (χ2v) is 6.77. The first-order chi connectivity index (χ1) is 11.2. The Balaban J connectivity index is 1.63. The van der Waals surface area contributed by atoms with Crippen LogP contribution in [-0.2, 0) is 4.79 Å². The minimum absolute atomic E-state index is 0.0362. The molecule has 0 aliphatic rings. The molecule has 23 heavy (non-hydrogen) atoms. The molecule has 0 heterocycles. The van der Waals surface area contributed by atoms with Gasteiger partial charge in [-0.1, -0.05) is 66.7 Å². The smallest absolute Gasteiger partial charge is 0.234 e. The number of carbonyl (C=O) groups is 1. The lowest BCUT2D eigenvalue weighted by molar-refractivity contribution is -0.113. The van der Waals surface area contributed by atoms with Crippen molar-refractivity contribution in [3.63, 3.8) is 0 Å². The number of amides is 1. The predicted octanol–water partition coefficient (Wildman–Crippen LogP) is 5.27. The molecule has 0 fully saturated rings. The van der Waals surface area contributed by atoms with E-state index in [2.05, 4.69) is 36.5 Å². The van der Waals surface area contributed by atoms with Crippen molar-refractivity contribution in [2.75, 3.05) is 11.1 Å². The molecule has 1 N–H and O–H groups in total. The summed E-state index contributed by atoms with van der Waals surface area (Å²) in [4.78, 5) is 12.3. The van der Waals surface area contributed by atoms with Crippen LogP contribution in [0.15, 0.2) is 72.8 Å². The van der Waals surface area contributed by atoms with Gasteiger partial charge in [0.05, 0.1) is 5.75 Å². The van der Waals surface area contributed by atoms with Crippen molar-refractivity contribution >= 4 is 34.1 Å². The van der Waals surface area contributed by atoms with Gasteiger partial charge in [0.15, 0.2) is 0 Å². The third-order valence-electron chi connectivity index (χ3n) is 3.80. The summed E-state index contributed by atoms with van der Waals surface area (Å²) < 4.78 is 0. The monoisotopic (exact) mass is 321 g/mol. The van der Waals surface area contributed by atoms with Gasteiger partial charge in [0.2, 0.25) is 5.91 Å². The van der Waals surface area contributed by atoms with Gasteiger partial charge in [-0.3, -0.25) is 4.79 Å². The standard InChI is InChI=1S/C20H19NOS/c1-15(16-8-3-2-4-9-16)23-14-20(22)21-19-13-7-11-17-10-5-6-12-18(17)19/h2-13,15H,14H2,1H3,(H,21,22)/t15-/m1/s1. The van der Waals surface area contributed by atoms with E-state index in [1.54, 1.807) is 11.8 Å². The van der Waals surface area contributed by atoms with Crippen molar-refractivity contribution in [3.8, 4) is 0 Å². The van der Waals surface area contributed by atoms with Gasteiger partial charge in [-0.25, -0.2) is 0 Å². The summed E-state index contributed by atoms with van der Waals surface area (Å²) in [7, 11) is 0. The van der Waals surface area contributed by atoms with Crippen LogP contribution < -0.4 is 5.32 Å². The highest BCUT2D eigenvalue weighted by Crippen LogP contribution is 2.28. The van der Waals surface area contributed by atoms with Crippen molar-refractivity contribution in [3.05, 3.63) is 78.4 Å². The lowest BCUT2D eigenvalue weighted by atomic mass is 10.1. The molecule has 3 heteroatoms. The highest BCUT2D eigenvalue weighted by molar-refractivity contribution is 8.00. The fourth-order valence-electron chi connectivity index (χ4n) is 2.54.